The Morgan fingerprint density at radius 1 is 1.00 bits per heavy atom. The van der Waals surface area contributed by atoms with E-state index in [0.29, 0.717) is 5.56 Å². The van der Waals surface area contributed by atoms with Crippen molar-refractivity contribution in [2.24, 2.45) is 5.92 Å². The average molecular weight is 411 g/mol. The molecule has 154 valence electrons. The summed E-state index contributed by atoms with van der Waals surface area (Å²) < 4.78 is 68.2. The molecule has 3 nitrogen and oxygen atoms in total. The van der Waals surface area contributed by atoms with Gasteiger partial charge in [-0.2, -0.15) is 13.2 Å². The fourth-order valence-corrected chi connectivity index (χ4v) is 4.71. The van der Waals surface area contributed by atoms with E-state index in [-0.39, 0.29) is 29.8 Å². The van der Waals surface area contributed by atoms with Crippen molar-refractivity contribution in [3.05, 3.63) is 59.2 Å². The molecular weight excluding hydrogens is 393 g/mol. The highest BCUT2D eigenvalue weighted by molar-refractivity contribution is 6.09. The molecule has 0 unspecified atom stereocenters. The van der Waals surface area contributed by atoms with Gasteiger partial charge < -0.3 is 10.4 Å². The van der Waals surface area contributed by atoms with Gasteiger partial charge in [0.15, 0.2) is 0 Å². The molecule has 1 atom stereocenters. The Balaban J connectivity index is 1.94. The van der Waals surface area contributed by atoms with Crippen LogP contribution < -0.4 is 5.32 Å². The Kier molecular flexibility index (Phi) is 4.36. The standard InChI is InChI=1S/C21H18F5NO2/c22-19(23)10-8-13(9-11-19)20(12-4-6-14(28)7-5-12)15-2-1-3-16(21(24,25)26)17(15)27-18(20)29/h1-7,13,28H,8-11H2,(H,27,29)/t20-/m0/s1. The first kappa shape index (κ1) is 19.7. The number of alkyl halides is 5. The second-order valence-corrected chi connectivity index (χ2v) is 7.67. The van der Waals surface area contributed by atoms with E-state index >= 15 is 0 Å². The van der Waals surface area contributed by atoms with Gasteiger partial charge in [0.1, 0.15) is 11.2 Å². The number of carbonyl (C=O) groups is 1. The topological polar surface area (TPSA) is 49.3 Å². The van der Waals surface area contributed by atoms with Gasteiger partial charge in [-0.25, -0.2) is 8.78 Å². The van der Waals surface area contributed by atoms with Crippen LogP contribution in [0.15, 0.2) is 42.5 Å². The fraction of sp³-hybridized carbons (Fsp3) is 0.381. The van der Waals surface area contributed by atoms with Crippen molar-refractivity contribution in [2.75, 3.05) is 5.32 Å². The zero-order chi connectivity index (χ0) is 21.0. The molecule has 2 aromatic rings. The third kappa shape index (κ3) is 3.05. The van der Waals surface area contributed by atoms with Crippen LogP contribution in [-0.4, -0.2) is 16.9 Å². The molecule has 4 rings (SSSR count). The van der Waals surface area contributed by atoms with Gasteiger partial charge in [0.05, 0.1) is 11.3 Å². The van der Waals surface area contributed by atoms with Gasteiger partial charge in [-0.05, 0) is 48.1 Å². The molecule has 0 aromatic heterocycles. The minimum Gasteiger partial charge on any atom is -0.508 e. The van der Waals surface area contributed by atoms with Crippen molar-refractivity contribution in [2.45, 2.75) is 43.2 Å². The van der Waals surface area contributed by atoms with E-state index in [9.17, 15) is 31.9 Å². The predicted octanol–water partition coefficient (Wildman–Crippen LogP) is 5.47. The Bertz CT molecular complexity index is 945. The van der Waals surface area contributed by atoms with Gasteiger partial charge in [-0.15, -0.1) is 0 Å². The van der Waals surface area contributed by atoms with Gasteiger partial charge in [-0.1, -0.05) is 24.3 Å². The van der Waals surface area contributed by atoms with Crippen LogP contribution in [0.3, 0.4) is 0 Å². The van der Waals surface area contributed by atoms with E-state index in [1.807, 2.05) is 0 Å². The fourth-order valence-electron chi connectivity index (χ4n) is 4.71. The molecule has 1 aliphatic heterocycles. The van der Waals surface area contributed by atoms with Crippen LogP contribution in [0.2, 0.25) is 0 Å². The van der Waals surface area contributed by atoms with Gasteiger partial charge in [0.2, 0.25) is 11.8 Å². The summed E-state index contributed by atoms with van der Waals surface area (Å²) in [6, 6.07) is 9.19. The van der Waals surface area contributed by atoms with E-state index in [2.05, 4.69) is 5.32 Å². The SMILES string of the molecule is O=C1Nc2c(C(F)(F)F)cccc2[C@]1(c1ccc(O)cc1)C1CCC(F)(F)CC1. The van der Waals surface area contributed by atoms with E-state index in [0.717, 1.165) is 6.07 Å². The number of hydrogen-bond donors (Lipinski definition) is 2. The maximum absolute atomic E-state index is 13.8. The summed E-state index contributed by atoms with van der Waals surface area (Å²) >= 11 is 0. The molecule has 1 saturated carbocycles. The summed E-state index contributed by atoms with van der Waals surface area (Å²) in [5.74, 6) is -4.18. The largest absolute Gasteiger partial charge is 0.508 e. The number of halogens is 5. The molecule has 0 radical (unpaired) electrons. The van der Waals surface area contributed by atoms with Crippen LogP contribution in [0.5, 0.6) is 5.75 Å². The van der Waals surface area contributed by atoms with E-state index in [1.54, 1.807) is 0 Å². The second kappa shape index (κ2) is 6.43. The first-order valence-corrected chi connectivity index (χ1v) is 9.25. The van der Waals surface area contributed by atoms with Gasteiger partial charge in [-0.3, -0.25) is 4.79 Å². The number of fused-ring (bicyclic) bond motifs is 1. The number of phenolic OH excluding ortho intramolecular Hbond substituents is 1. The predicted molar refractivity (Wildman–Crippen MR) is 95.9 cm³/mol. The monoisotopic (exact) mass is 411 g/mol. The van der Waals surface area contributed by atoms with Crippen molar-refractivity contribution in [1.82, 2.24) is 0 Å². The molecule has 0 spiro atoms. The molecule has 8 heteroatoms. The lowest BCUT2D eigenvalue weighted by Crippen LogP contribution is -2.45. The van der Waals surface area contributed by atoms with Crippen LogP contribution in [0, 0.1) is 5.92 Å². The van der Waals surface area contributed by atoms with Gasteiger partial charge >= 0.3 is 6.18 Å². The highest BCUT2D eigenvalue weighted by Gasteiger charge is 2.57. The Labute approximate surface area is 163 Å². The van der Waals surface area contributed by atoms with Crippen molar-refractivity contribution in [1.29, 1.82) is 0 Å². The van der Waals surface area contributed by atoms with Crippen LogP contribution >= 0.6 is 0 Å². The number of aromatic hydroxyl groups is 1. The number of anilines is 1. The number of nitrogens with one attached hydrogen (secondary N) is 1. The summed E-state index contributed by atoms with van der Waals surface area (Å²) in [4.78, 5) is 13.2. The highest BCUT2D eigenvalue weighted by Crippen LogP contribution is 2.55. The molecule has 1 aliphatic carbocycles. The molecular formula is C21H18F5NO2. The lowest BCUT2D eigenvalue weighted by atomic mass is 9.61. The number of hydrogen-bond acceptors (Lipinski definition) is 2. The van der Waals surface area contributed by atoms with Crippen LogP contribution in [0.4, 0.5) is 27.6 Å². The van der Waals surface area contributed by atoms with E-state index in [1.165, 1.54) is 36.4 Å². The zero-order valence-corrected chi connectivity index (χ0v) is 15.2. The minimum atomic E-state index is -4.68. The summed E-state index contributed by atoms with van der Waals surface area (Å²) in [5.41, 5.74) is -2.30. The summed E-state index contributed by atoms with van der Waals surface area (Å²) in [6.07, 6.45) is -5.55. The number of benzene rings is 2. The van der Waals surface area contributed by atoms with E-state index in [4.69, 9.17) is 0 Å². The number of para-hydroxylation sites is 1. The maximum atomic E-state index is 13.8. The molecule has 1 amide bonds. The van der Waals surface area contributed by atoms with Crippen molar-refractivity contribution < 1.29 is 31.9 Å². The molecule has 1 heterocycles. The maximum Gasteiger partial charge on any atom is 0.418 e. The quantitative estimate of drug-likeness (QED) is 0.644. The summed E-state index contributed by atoms with van der Waals surface area (Å²) in [5, 5.41) is 12.0. The lowest BCUT2D eigenvalue weighted by Gasteiger charge is -2.40. The first-order valence-electron chi connectivity index (χ1n) is 9.25. The molecule has 1 fully saturated rings. The van der Waals surface area contributed by atoms with Crippen molar-refractivity contribution >= 4 is 11.6 Å². The molecule has 2 N–H and O–H groups in total. The van der Waals surface area contributed by atoms with Crippen molar-refractivity contribution in [3.63, 3.8) is 0 Å². The molecule has 29 heavy (non-hydrogen) atoms. The van der Waals surface area contributed by atoms with Gasteiger partial charge in [0.25, 0.3) is 0 Å². The molecule has 2 aromatic carbocycles. The Morgan fingerprint density at radius 2 is 1.62 bits per heavy atom. The smallest absolute Gasteiger partial charge is 0.418 e. The average Bonchev–Trinajstić information content (AvgIpc) is 2.94. The summed E-state index contributed by atoms with van der Waals surface area (Å²) in [7, 11) is 0. The zero-order valence-electron chi connectivity index (χ0n) is 15.2. The summed E-state index contributed by atoms with van der Waals surface area (Å²) in [6.45, 7) is 0. The van der Waals surface area contributed by atoms with Crippen LogP contribution in [0.25, 0.3) is 0 Å². The molecule has 0 saturated heterocycles. The Morgan fingerprint density at radius 3 is 2.21 bits per heavy atom. The van der Waals surface area contributed by atoms with E-state index < -0.39 is 47.7 Å². The second-order valence-electron chi connectivity index (χ2n) is 7.67. The molecule has 0 bridgehead atoms. The third-order valence-corrected chi connectivity index (χ3v) is 6.04. The van der Waals surface area contributed by atoms with Crippen LogP contribution in [-0.2, 0) is 16.4 Å². The number of phenols is 1. The molecule has 2 aliphatic rings. The number of carbonyl (C=O) groups excluding carboxylic acids is 1. The normalized spacial score (nSPS) is 24.2. The van der Waals surface area contributed by atoms with Crippen LogP contribution in [0.1, 0.15) is 42.4 Å². The third-order valence-electron chi connectivity index (χ3n) is 6.04. The number of rotatable bonds is 2. The Hall–Kier alpha value is -2.64. The minimum absolute atomic E-state index is 0.00299. The highest BCUT2D eigenvalue weighted by atomic mass is 19.4. The number of amides is 1. The van der Waals surface area contributed by atoms with Crippen molar-refractivity contribution in [3.8, 4) is 5.75 Å². The first-order chi connectivity index (χ1) is 13.6. The van der Waals surface area contributed by atoms with Gasteiger partial charge in [0, 0.05) is 12.8 Å². The lowest BCUT2D eigenvalue weighted by molar-refractivity contribution is -0.136.